The lowest BCUT2D eigenvalue weighted by atomic mass is 9.98. The second kappa shape index (κ2) is 6.80. The van der Waals surface area contributed by atoms with Crippen LogP contribution in [0, 0.1) is 12.7 Å². The molecule has 0 bridgehead atoms. The molecule has 0 amide bonds. The first kappa shape index (κ1) is 15.6. The van der Waals surface area contributed by atoms with E-state index in [-0.39, 0.29) is 11.9 Å². The van der Waals surface area contributed by atoms with Crippen molar-refractivity contribution < 1.29 is 4.39 Å². The van der Waals surface area contributed by atoms with Crippen LogP contribution in [0.4, 0.5) is 4.39 Å². The van der Waals surface area contributed by atoms with E-state index in [9.17, 15) is 4.39 Å². The molecule has 0 radical (unpaired) electrons. The third-order valence-corrected chi connectivity index (χ3v) is 4.30. The second-order valence-electron chi connectivity index (χ2n) is 4.72. The average molecular weight is 402 g/mol. The predicted octanol–water partition coefficient (Wildman–Crippen LogP) is 4.41. The molecule has 106 valence electrons. The zero-order valence-corrected chi connectivity index (χ0v) is 14.1. The van der Waals surface area contributed by atoms with Crippen molar-refractivity contribution in [1.29, 1.82) is 0 Å². The number of hydrazine groups is 1. The first-order valence-corrected chi connectivity index (χ1v) is 7.75. The minimum atomic E-state index is -0.254. The van der Waals surface area contributed by atoms with E-state index in [0.29, 0.717) is 6.42 Å². The molecule has 0 fully saturated rings. The molecule has 2 aromatic carbocycles. The Hall–Kier alpha value is -0.750. The Labute approximate surface area is 134 Å². The van der Waals surface area contributed by atoms with Gasteiger partial charge in [0.25, 0.3) is 0 Å². The van der Waals surface area contributed by atoms with Crippen molar-refractivity contribution in [2.24, 2.45) is 5.84 Å². The highest BCUT2D eigenvalue weighted by Crippen LogP contribution is 2.26. The van der Waals surface area contributed by atoms with E-state index in [0.717, 1.165) is 25.6 Å². The maximum Gasteiger partial charge on any atom is 0.124 e. The van der Waals surface area contributed by atoms with Crippen molar-refractivity contribution in [3.05, 3.63) is 67.9 Å². The summed E-state index contributed by atoms with van der Waals surface area (Å²) in [5.41, 5.74) is 6.09. The molecular weight excluding hydrogens is 387 g/mol. The average Bonchev–Trinajstić information content (AvgIpc) is 2.36. The summed E-state index contributed by atoms with van der Waals surface area (Å²) >= 11 is 6.88. The van der Waals surface area contributed by atoms with Crippen LogP contribution in [0.2, 0.25) is 0 Å². The normalized spacial score (nSPS) is 12.4. The van der Waals surface area contributed by atoms with E-state index >= 15 is 0 Å². The molecule has 2 rings (SSSR count). The molecule has 1 atom stereocenters. The summed E-state index contributed by atoms with van der Waals surface area (Å²) in [5, 5.41) is 0. The van der Waals surface area contributed by atoms with Gasteiger partial charge in [0.2, 0.25) is 0 Å². The molecule has 0 aliphatic heterocycles. The van der Waals surface area contributed by atoms with Crippen LogP contribution in [0.25, 0.3) is 0 Å². The number of aryl methyl sites for hydroxylation is 1. The molecule has 3 N–H and O–H groups in total. The van der Waals surface area contributed by atoms with Crippen LogP contribution in [0.15, 0.2) is 45.3 Å². The number of hydrogen-bond acceptors (Lipinski definition) is 2. The Balaban J connectivity index is 2.28. The van der Waals surface area contributed by atoms with E-state index in [1.54, 1.807) is 6.07 Å². The molecule has 2 aromatic rings. The summed E-state index contributed by atoms with van der Waals surface area (Å²) in [6, 6.07) is 10.8. The van der Waals surface area contributed by atoms with Gasteiger partial charge in [-0.1, -0.05) is 44.0 Å². The molecule has 20 heavy (non-hydrogen) atoms. The smallest absolute Gasteiger partial charge is 0.124 e. The monoisotopic (exact) mass is 400 g/mol. The van der Waals surface area contributed by atoms with E-state index in [2.05, 4.69) is 43.4 Å². The Morgan fingerprint density at radius 3 is 2.55 bits per heavy atom. The molecule has 0 spiro atoms. The lowest BCUT2D eigenvalue weighted by molar-refractivity contribution is 0.549. The summed E-state index contributed by atoms with van der Waals surface area (Å²) in [5.74, 6) is 5.42. The van der Waals surface area contributed by atoms with Crippen molar-refractivity contribution in [3.63, 3.8) is 0 Å². The molecule has 0 aromatic heterocycles. The van der Waals surface area contributed by atoms with Crippen LogP contribution in [-0.2, 0) is 6.42 Å². The third-order valence-electron chi connectivity index (χ3n) is 3.11. The van der Waals surface area contributed by atoms with E-state index in [4.69, 9.17) is 5.84 Å². The second-order valence-corrected chi connectivity index (χ2v) is 6.49. The van der Waals surface area contributed by atoms with Gasteiger partial charge in [-0.2, -0.15) is 0 Å². The number of nitrogens with one attached hydrogen (secondary N) is 1. The fourth-order valence-electron chi connectivity index (χ4n) is 2.15. The lowest BCUT2D eigenvalue weighted by Crippen LogP contribution is -2.29. The lowest BCUT2D eigenvalue weighted by Gasteiger charge is -2.18. The maximum atomic E-state index is 13.1. The molecular formula is C15H15Br2FN2. The molecule has 1 unspecified atom stereocenters. The number of halogens is 3. The standard InChI is InChI=1S/C15H15Br2FN2/c1-9-4-11(6-12(16)5-9)15(20-19)7-10-2-3-13(18)8-14(10)17/h2-6,8,15,20H,7,19H2,1H3. The van der Waals surface area contributed by atoms with Crippen molar-refractivity contribution in [2.75, 3.05) is 0 Å². The molecule has 5 heteroatoms. The molecule has 0 aliphatic carbocycles. The SMILES string of the molecule is Cc1cc(Br)cc(C(Cc2ccc(F)cc2Br)NN)c1. The van der Waals surface area contributed by atoms with Gasteiger partial charge < -0.3 is 0 Å². The van der Waals surface area contributed by atoms with Gasteiger partial charge in [0.05, 0.1) is 6.04 Å². The minimum Gasteiger partial charge on any atom is -0.271 e. The van der Waals surface area contributed by atoms with E-state index in [1.807, 2.05) is 19.1 Å². The van der Waals surface area contributed by atoms with Crippen LogP contribution in [0.1, 0.15) is 22.7 Å². The van der Waals surface area contributed by atoms with E-state index in [1.165, 1.54) is 12.1 Å². The largest absolute Gasteiger partial charge is 0.271 e. The third kappa shape index (κ3) is 3.88. The molecule has 0 saturated heterocycles. The summed E-state index contributed by atoms with van der Waals surface area (Å²) in [6.45, 7) is 2.04. The number of nitrogens with two attached hydrogens (primary N) is 1. The van der Waals surface area contributed by atoms with Gasteiger partial charge in [0.15, 0.2) is 0 Å². The first-order chi connectivity index (χ1) is 9.49. The highest BCUT2D eigenvalue weighted by molar-refractivity contribution is 9.10. The van der Waals surface area contributed by atoms with Crippen LogP contribution >= 0.6 is 31.9 Å². The van der Waals surface area contributed by atoms with Gasteiger partial charge in [-0.15, -0.1) is 0 Å². The van der Waals surface area contributed by atoms with Crippen molar-refractivity contribution in [2.45, 2.75) is 19.4 Å². The van der Waals surface area contributed by atoms with Gasteiger partial charge >= 0.3 is 0 Å². The summed E-state index contributed by atoms with van der Waals surface area (Å²) in [6.07, 6.45) is 0.674. The van der Waals surface area contributed by atoms with Crippen molar-refractivity contribution >= 4 is 31.9 Å². The predicted molar refractivity (Wildman–Crippen MR) is 86.7 cm³/mol. The van der Waals surface area contributed by atoms with Gasteiger partial charge in [-0.3, -0.25) is 11.3 Å². The zero-order chi connectivity index (χ0) is 14.7. The Bertz CT molecular complexity index is 597. The van der Waals surface area contributed by atoms with E-state index < -0.39 is 0 Å². The zero-order valence-electron chi connectivity index (χ0n) is 11.0. The van der Waals surface area contributed by atoms with Gasteiger partial charge in [0.1, 0.15) is 5.82 Å². The van der Waals surface area contributed by atoms with Crippen LogP contribution in [-0.4, -0.2) is 0 Å². The van der Waals surface area contributed by atoms with Crippen LogP contribution < -0.4 is 11.3 Å². The molecule has 2 nitrogen and oxygen atoms in total. The quantitative estimate of drug-likeness (QED) is 0.588. The topological polar surface area (TPSA) is 38.0 Å². The number of rotatable bonds is 4. The number of hydrogen-bond donors (Lipinski definition) is 2. The van der Waals surface area contributed by atoms with Crippen LogP contribution in [0.5, 0.6) is 0 Å². The number of benzene rings is 2. The highest BCUT2D eigenvalue weighted by atomic mass is 79.9. The van der Waals surface area contributed by atoms with Gasteiger partial charge in [-0.05, 0) is 54.3 Å². The van der Waals surface area contributed by atoms with Crippen molar-refractivity contribution in [3.8, 4) is 0 Å². The minimum absolute atomic E-state index is 0.0343. The Morgan fingerprint density at radius 1 is 1.20 bits per heavy atom. The Kier molecular flexibility index (Phi) is 5.32. The summed E-state index contributed by atoms with van der Waals surface area (Å²) in [7, 11) is 0. The van der Waals surface area contributed by atoms with Crippen molar-refractivity contribution in [1.82, 2.24) is 5.43 Å². The molecule has 0 saturated carbocycles. The van der Waals surface area contributed by atoms with Gasteiger partial charge in [-0.25, -0.2) is 4.39 Å². The summed E-state index contributed by atoms with van der Waals surface area (Å²) < 4.78 is 14.9. The first-order valence-electron chi connectivity index (χ1n) is 6.16. The maximum absolute atomic E-state index is 13.1. The Morgan fingerprint density at radius 2 is 1.95 bits per heavy atom. The summed E-state index contributed by atoms with van der Waals surface area (Å²) in [4.78, 5) is 0. The van der Waals surface area contributed by atoms with Gasteiger partial charge in [0, 0.05) is 8.95 Å². The highest BCUT2D eigenvalue weighted by Gasteiger charge is 2.13. The fraction of sp³-hybridized carbons (Fsp3) is 0.200. The molecule has 0 heterocycles. The fourth-order valence-corrected chi connectivity index (χ4v) is 3.28. The molecule has 0 aliphatic rings. The van der Waals surface area contributed by atoms with Crippen LogP contribution in [0.3, 0.4) is 0 Å².